The van der Waals surface area contributed by atoms with Crippen LogP contribution in [0.4, 0.5) is 5.69 Å². The van der Waals surface area contributed by atoms with Crippen LogP contribution in [0.25, 0.3) is 0 Å². The molecule has 0 aliphatic carbocycles. The van der Waals surface area contributed by atoms with Crippen molar-refractivity contribution < 1.29 is 4.74 Å². The normalized spacial score (nSPS) is 9.60. The molecule has 0 unspecified atom stereocenters. The molecule has 0 aliphatic heterocycles. The fourth-order valence-corrected chi connectivity index (χ4v) is 1.90. The molecule has 20 heavy (non-hydrogen) atoms. The molecule has 0 fully saturated rings. The van der Waals surface area contributed by atoms with Crippen molar-refractivity contribution in [2.45, 2.75) is 13.8 Å². The maximum atomic E-state index is 9.07. The van der Waals surface area contributed by atoms with Gasteiger partial charge in [0.1, 0.15) is 17.4 Å². The van der Waals surface area contributed by atoms with Crippen LogP contribution >= 0.6 is 0 Å². The molecule has 1 aromatic heterocycles. The summed E-state index contributed by atoms with van der Waals surface area (Å²) in [5, 5.41) is 18.0. The molecule has 0 spiro atoms. The minimum Gasteiger partial charge on any atom is -0.437 e. The summed E-state index contributed by atoms with van der Waals surface area (Å²) in [7, 11) is 0. The Balaban J connectivity index is 2.46. The lowest BCUT2D eigenvalue weighted by Gasteiger charge is -2.12. The lowest BCUT2D eigenvalue weighted by atomic mass is 10.1. The Morgan fingerprint density at radius 2 is 1.75 bits per heavy atom. The highest BCUT2D eigenvalue weighted by Crippen LogP contribution is 2.30. The Morgan fingerprint density at radius 1 is 1.10 bits per heavy atom. The molecule has 5 heteroatoms. The number of aryl methyl sites for hydroxylation is 2. The van der Waals surface area contributed by atoms with E-state index in [1.54, 1.807) is 12.1 Å². The monoisotopic (exact) mass is 264 g/mol. The van der Waals surface area contributed by atoms with Crippen LogP contribution in [0, 0.1) is 36.5 Å². The molecular weight excluding hydrogens is 252 g/mol. The largest absolute Gasteiger partial charge is 0.437 e. The quantitative estimate of drug-likeness (QED) is 0.899. The molecule has 2 N–H and O–H groups in total. The molecule has 0 saturated heterocycles. The molecule has 5 nitrogen and oxygen atoms in total. The first-order valence-corrected chi connectivity index (χ1v) is 5.90. The van der Waals surface area contributed by atoms with Gasteiger partial charge in [0.05, 0.1) is 23.5 Å². The van der Waals surface area contributed by atoms with E-state index in [1.165, 1.54) is 12.3 Å². The third-order valence-corrected chi connectivity index (χ3v) is 2.78. The summed E-state index contributed by atoms with van der Waals surface area (Å²) in [5.74, 6) is 0.801. The van der Waals surface area contributed by atoms with E-state index in [4.69, 9.17) is 21.0 Å². The maximum absolute atomic E-state index is 9.07. The number of anilines is 1. The van der Waals surface area contributed by atoms with E-state index in [0.29, 0.717) is 17.0 Å². The zero-order valence-electron chi connectivity index (χ0n) is 11.1. The molecule has 2 aromatic rings. The Bertz CT molecular complexity index is 730. The molecule has 0 saturated carbocycles. The van der Waals surface area contributed by atoms with Crippen molar-refractivity contribution in [3.05, 3.63) is 46.6 Å². The van der Waals surface area contributed by atoms with Gasteiger partial charge in [-0.2, -0.15) is 10.5 Å². The highest BCUT2D eigenvalue weighted by Gasteiger charge is 2.12. The number of nitrogens with zero attached hydrogens (tertiary/aromatic N) is 3. The Hall–Kier alpha value is -3.05. The zero-order chi connectivity index (χ0) is 14.7. The van der Waals surface area contributed by atoms with Crippen LogP contribution in [0.5, 0.6) is 11.6 Å². The number of benzene rings is 1. The number of rotatable bonds is 2. The molecule has 2 rings (SSSR count). The molecule has 0 atom stereocenters. The molecule has 98 valence electrons. The fourth-order valence-electron chi connectivity index (χ4n) is 1.90. The molecular formula is C15H12N4O. The Kier molecular flexibility index (Phi) is 3.54. The number of ether oxygens (including phenoxy) is 1. The minimum absolute atomic E-state index is 0.206. The Labute approximate surface area is 116 Å². The van der Waals surface area contributed by atoms with Gasteiger partial charge in [-0.05, 0) is 43.2 Å². The lowest BCUT2D eigenvalue weighted by Crippen LogP contribution is -1.98. The SMILES string of the molecule is Cc1cc(C#N)cc(C)c1Oc1ncc(N)cc1C#N. The van der Waals surface area contributed by atoms with Crippen molar-refractivity contribution >= 4 is 5.69 Å². The first-order chi connectivity index (χ1) is 9.55. The summed E-state index contributed by atoms with van der Waals surface area (Å²) < 4.78 is 5.72. The lowest BCUT2D eigenvalue weighted by molar-refractivity contribution is 0.454. The molecule has 0 amide bonds. The van der Waals surface area contributed by atoms with Crippen LogP contribution in [-0.4, -0.2) is 4.98 Å². The predicted octanol–water partition coefficient (Wildman–Crippen LogP) is 2.82. The summed E-state index contributed by atoms with van der Waals surface area (Å²) in [6, 6.07) is 9.05. The first kappa shape index (κ1) is 13.4. The topological polar surface area (TPSA) is 95.7 Å². The van der Waals surface area contributed by atoms with Crippen molar-refractivity contribution in [3.8, 4) is 23.8 Å². The first-order valence-electron chi connectivity index (χ1n) is 5.90. The van der Waals surface area contributed by atoms with Gasteiger partial charge in [0.2, 0.25) is 5.88 Å². The average molecular weight is 264 g/mol. The van der Waals surface area contributed by atoms with Gasteiger partial charge in [-0.25, -0.2) is 4.98 Å². The number of aromatic nitrogens is 1. The van der Waals surface area contributed by atoms with Crippen LogP contribution in [0.3, 0.4) is 0 Å². The molecule has 1 aromatic carbocycles. The van der Waals surface area contributed by atoms with E-state index in [-0.39, 0.29) is 11.4 Å². The highest BCUT2D eigenvalue weighted by atomic mass is 16.5. The van der Waals surface area contributed by atoms with Gasteiger partial charge in [-0.3, -0.25) is 0 Å². The van der Waals surface area contributed by atoms with E-state index < -0.39 is 0 Å². The maximum Gasteiger partial charge on any atom is 0.237 e. The summed E-state index contributed by atoms with van der Waals surface area (Å²) in [5.41, 5.74) is 8.45. The number of hydrogen-bond acceptors (Lipinski definition) is 5. The van der Waals surface area contributed by atoms with Crippen molar-refractivity contribution in [1.29, 1.82) is 10.5 Å². The zero-order valence-corrected chi connectivity index (χ0v) is 11.1. The van der Waals surface area contributed by atoms with Gasteiger partial charge in [-0.15, -0.1) is 0 Å². The van der Waals surface area contributed by atoms with E-state index in [9.17, 15) is 0 Å². The van der Waals surface area contributed by atoms with Gasteiger partial charge < -0.3 is 10.5 Å². The molecule has 0 aliphatic rings. The summed E-state index contributed by atoms with van der Waals surface area (Å²) in [6.45, 7) is 3.68. The summed E-state index contributed by atoms with van der Waals surface area (Å²) in [6.07, 6.45) is 1.44. The molecule has 0 bridgehead atoms. The average Bonchev–Trinajstić information content (AvgIpc) is 2.43. The number of pyridine rings is 1. The number of nitrogen functional groups attached to an aromatic ring is 1. The van der Waals surface area contributed by atoms with Gasteiger partial charge in [0.15, 0.2) is 0 Å². The van der Waals surface area contributed by atoms with Gasteiger partial charge in [-0.1, -0.05) is 0 Å². The third kappa shape index (κ3) is 2.52. The summed E-state index contributed by atoms with van der Waals surface area (Å²) in [4.78, 5) is 4.03. The second-order valence-electron chi connectivity index (χ2n) is 4.39. The molecule has 0 radical (unpaired) electrons. The highest BCUT2D eigenvalue weighted by molar-refractivity contribution is 5.52. The predicted molar refractivity (Wildman–Crippen MR) is 74.1 cm³/mol. The van der Waals surface area contributed by atoms with Crippen LogP contribution in [0.1, 0.15) is 22.3 Å². The Morgan fingerprint density at radius 3 is 2.30 bits per heavy atom. The standard InChI is InChI=1S/C15H12N4O/c1-9-3-11(6-16)4-10(2)14(9)20-15-12(7-17)5-13(18)8-19-15/h3-5,8H,18H2,1-2H3. The van der Waals surface area contributed by atoms with E-state index >= 15 is 0 Å². The van der Waals surface area contributed by atoms with Crippen LogP contribution in [0.2, 0.25) is 0 Å². The van der Waals surface area contributed by atoms with E-state index in [0.717, 1.165) is 11.1 Å². The summed E-state index contributed by atoms with van der Waals surface area (Å²) >= 11 is 0. The van der Waals surface area contributed by atoms with Crippen LogP contribution in [0.15, 0.2) is 24.4 Å². The van der Waals surface area contributed by atoms with Crippen molar-refractivity contribution in [3.63, 3.8) is 0 Å². The number of nitriles is 2. The van der Waals surface area contributed by atoms with E-state index in [2.05, 4.69) is 11.1 Å². The van der Waals surface area contributed by atoms with Crippen molar-refractivity contribution in [2.24, 2.45) is 0 Å². The third-order valence-electron chi connectivity index (χ3n) is 2.78. The fraction of sp³-hybridized carbons (Fsp3) is 0.133. The number of nitrogens with two attached hydrogens (primary N) is 1. The van der Waals surface area contributed by atoms with Crippen LogP contribution < -0.4 is 10.5 Å². The minimum atomic E-state index is 0.206. The number of hydrogen-bond donors (Lipinski definition) is 1. The van der Waals surface area contributed by atoms with Gasteiger partial charge in [0, 0.05) is 0 Å². The van der Waals surface area contributed by atoms with Gasteiger partial charge >= 0.3 is 0 Å². The molecule has 1 heterocycles. The van der Waals surface area contributed by atoms with Gasteiger partial charge in [0.25, 0.3) is 0 Å². The smallest absolute Gasteiger partial charge is 0.237 e. The second kappa shape index (κ2) is 5.29. The van der Waals surface area contributed by atoms with Crippen LogP contribution in [-0.2, 0) is 0 Å². The van der Waals surface area contributed by atoms with E-state index in [1.807, 2.05) is 19.9 Å². The second-order valence-corrected chi connectivity index (χ2v) is 4.39. The van der Waals surface area contributed by atoms with Crippen molar-refractivity contribution in [2.75, 3.05) is 5.73 Å². The van der Waals surface area contributed by atoms with Crippen molar-refractivity contribution in [1.82, 2.24) is 4.98 Å².